The summed E-state index contributed by atoms with van der Waals surface area (Å²) >= 11 is 0. The van der Waals surface area contributed by atoms with Crippen molar-refractivity contribution < 1.29 is 33.0 Å². The number of ether oxygens (including phenoxy) is 2. The Morgan fingerprint density at radius 3 is 2.73 bits per heavy atom. The molecule has 1 aromatic carbocycles. The molecule has 2 atom stereocenters. The Balaban J connectivity index is 2.00. The molecule has 1 aromatic rings. The summed E-state index contributed by atoms with van der Waals surface area (Å²) in [5.41, 5.74) is 0. The predicted molar refractivity (Wildman–Crippen MR) is 70.4 cm³/mol. The van der Waals surface area contributed by atoms with Gasteiger partial charge in [-0.1, -0.05) is 0 Å². The number of carboxylic acid groups (broad SMARTS) is 1. The molecule has 6 nitrogen and oxygen atoms in total. The number of hydrogen-bond donors (Lipinski definition) is 1. The molecule has 1 heterocycles. The van der Waals surface area contributed by atoms with Gasteiger partial charge in [0.05, 0.1) is 6.10 Å². The minimum absolute atomic E-state index is 0.127. The van der Waals surface area contributed by atoms with Gasteiger partial charge in [-0.05, 0) is 12.1 Å². The molecule has 0 bridgehead atoms. The number of hydrogen-bond acceptors (Lipinski definition) is 4. The predicted octanol–water partition coefficient (Wildman–Crippen LogP) is 1.04. The van der Waals surface area contributed by atoms with Crippen LogP contribution >= 0.6 is 0 Å². The third kappa shape index (κ3) is 3.51. The van der Waals surface area contributed by atoms with Gasteiger partial charge in [-0.2, -0.15) is 0 Å². The summed E-state index contributed by atoms with van der Waals surface area (Å²) in [5, 5.41) is 9.11. The van der Waals surface area contributed by atoms with Gasteiger partial charge >= 0.3 is 5.97 Å². The maximum atomic E-state index is 13.4. The van der Waals surface area contributed by atoms with E-state index in [2.05, 4.69) is 0 Å². The number of carbonyl (C=O) groups is 2. The van der Waals surface area contributed by atoms with Crippen LogP contribution in [0.5, 0.6) is 5.75 Å². The smallest absolute Gasteiger partial charge is 0.326 e. The van der Waals surface area contributed by atoms with Crippen molar-refractivity contribution in [2.24, 2.45) is 0 Å². The van der Waals surface area contributed by atoms with Gasteiger partial charge in [0.15, 0.2) is 18.2 Å². The minimum Gasteiger partial charge on any atom is -0.481 e. The summed E-state index contributed by atoms with van der Waals surface area (Å²) in [5.74, 6) is -3.70. The highest BCUT2D eigenvalue weighted by molar-refractivity contribution is 5.85. The minimum atomic E-state index is -1.14. The monoisotopic (exact) mass is 315 g/mol. The quantitative estimate of drug-likeness (QED) is 0.879. The molecule has 0 aromatic heterocycles. The van der Waals surface area contributed by atoms with E-state index in [1.165, 1.54) is 7.11 Å². The molecular formula is C14H15F2NO5. The second kappa shape index (κ2) is 6.69. The van der Waals surface area contributed by atoms with Gasteiger partial charge in [-0.15, -0.1) is 0 Å². The zero-order valence-electron chi connectivity index (χ0n) is 11.8. The Morgan fingerprint density at radius 2 is 2.14 bits per heavy atom. The molecule has 22 heavy (non-hydrogen) atoms. The van der Waals surface area contributed by atoms with Gasteiger partial charge in [0.25, 0.3) is 5.91 Å². The maximum absolute atomic E-state index is 13.4. The SMILES string of the molecule is COC1CC(C(=O)O)N(C(=O)COc2ccc(F)cc2F)C1. The first kappa shape index (κ1) is 16.2. The normalized spacial score (nSPS) is 21.0. The molecule has 0 radical (unpaired) electrons. The Kier molecular flexibility index (Phi) is 4.92. The summed E-state index contributed by atoms with van der Waals surface area (Å²) in [6.45, 7) is -0.412. The van der Waals surface area contributed by atoms with Crippen LogP contribution in [0.1, 0.15) is 6.42 Å². The largest absolute Gasteiger partial charge is 0.481 e. The number of amides is 1. The summed E-state index contributed by atoms with van der Waals surface area (Å²) < 4.78 is 36.2. The van der Waals surface area contributed by atoms with Crippen LogP contribution in [0.2, 0.25) is 0 Å². The van der Waals surface area contributed by atoms with E-state index < -0.39 is 36.2 Å². The van der Waals surface area contributed by atoms with Gasteiger partial charge < -0.3 is 19.5 Å². The lowest BCUT2D eigenvalue weighted by Gasteiger charge is -2.21. The van der Waals surface area contributed by atoms with Crippen LogP contribution in [-0.2, 0) is 14.3 Å². The van der Waals surface area contributed by atoms with Crippen molar-refractivity contribution in [3.63, 3.8) is 0 Å². The molecule has 1 fully saturated rings. The highest BCUT2D eigenvalue weighted by atomic mass is 19.1. The molecule has 0 aliphatic carbocycles. The van der Waals surface area contributed by atoms with E-state index in [1.807, 2.05) is 0 Å². The fourth-order valence-electron chi connectivity index (χ4n) is 2.29. The molecule has 0 saturated carbocycles. The second-order valence-electron chi connectivity index (χ2n) is 4.86. The van der Waals surface area contributed by atoms with Gasteiger partial charge in [0.2, 0.25) is 0 Å². The van der Waals surface area contributed by atoms with Crippen LogP contribution < -0.4 is 4.74 Å². The first-order valence-corrected chi connectivity index (χ1v) is 6.55. The topological polar surface area (TPSA) is 76.1 Å². The van der Waals surface area contributed by atoms with Crippen molar-refractivity contribution in [2.75, 3.05) is 20.3 Å². The van der Waals surface area contributed by atoms with Crippen LogP contribution in [0, 0.1) is 11.6 Å². The van der Waals surface area contributed by atoms with Gasteiger partial charge in [-0.25, -0.2) is 13.6 Å². The molecule has 0 spiro atoms. The van der Waals surface area contributed by atoms with E-state index in [4.69, 9.17) is 14.6 Å². The number of likely N-dealkylation sites (tertiary alicyclic amines) is 1. The summed E-state index contributed by atoms with van der Waals surface area (Å²) in [6, 6.07) is 1.70. The van der Waals surface area contributed by atoms with Crippen molar-refractivity contribution in [1.82, 2.24) is 4.90 Å². The lowest BCUT2D eigenvalue weighted by atomic mass is 10.2. The van der Waals surface area contributed by atoms with E-state index >= 15 is 0 Å². The first-order valence-electron chi connectivity index (χ1n) is 6.55. The van der Waals surface area contributed by atoms with Gasteiger partial charge in [0.1, 0.15) is 11.9 Å². The zero-order chi connectivity index (χ0) is 16.3. The third-order valence-electron chi connectivity index (χ3n) is 3.45. The molecule has 1 N–H and O–H groups in total. The summed E-state index contributed by atoms with van der Waals surface area (Å²) in [4.78, 5) is 24.3. The molecule has 1 aliphatic rings. The molecule has 2 rings (SSSR count). The van der Waals surface area contributed by atoms with Crippen molar-refractivity contribution >= 4 is 11.9 Å². The standard InChI is InChI=1S/C14H15F2NO5/c1-21-9-5-11(14(19)20)17(6-9)13(18)7-22-12-3-2-8(15)4-10(12)16/h2-4,9,11H,5-7H2,1H3,(H,19,20). The fourth-order valence-corrected chi connectivity index (χ4v) is 2.29. The highest BCUT2D eigenvalue weighted by Gasteiger charge is 2.39. The Bertz CT molecular complexity index is 580. The van der Waals surface area contributed by atoms with E-state index in [0.29, 0.717) is 6.07 Å². The number of methoxy groups -OCH3 is 1. The second-order valence-corrected chi connectivity index (χ2v) is 4.86. The zero-order valence-corrected chi connectivity index (χ0v) is 11.8. The number of rotatable bonds is 5. The van der Waals surface area contributed by atoms with Crippen molar-refractivity contribution in [3.05, 3.63) is 29.8 Å². The number of benzene rings is 1. The molecule has 1 amide bonds. The Labute approximate surface area is 125 Å². The Hall–Kier alpha value is -2.22. The average molecular weight is 315 g/mol. The van der Waals surface area contributed by atoms with Crippen LogP contribution in [0.4, 0.5) is 8.78 Å². The van der Waals surface area contributed by atoms with E-state index in [1.54, 1.807) is 0 Å². The molecule has 8 heteroatoms. The number of aliphatic carboxylic acids is 1. The van der Waals surface area contributed by atoms with E-state index in [0.717, 1.165) is 17.0 Å². The van der Waals surface area contributed by atoms with Gasteiger partial charge in [0, 0.05) is 26.1 Å². The fraction of sp³-hybridized carbons (Fsp3) is 0.429. The number of nitrogens with zero attached hydrogens (tertiary/aromatic N) is 1. The number of halogens is 2. The van der Waals surface area contributed by atoms with E-state index in [-0.39, 0.29) is 24.8 Å². The highest BCUT2D eigenvalue weighted by Crippen LogP contribution is 2.22. The van der Waals surface area contributed by atoms with Crippen molar-refractivity contribution in [3.8, 4) is 5.75 Å². The lowest BCUT2D eigenvalue weighted by Crippen LogP contribution is -2.43. The molecule has 2 unspecified atom stereocenters. The average Bonchev–Trinajstić information content (AvgIpc) is 2.90. The first-order chi connectivity index (χ1) is 10.4. The van der Waals surface area contributed by atoms with Crippen molar-refractivity contribution in [2.45, 2.75) is 18.6 Å². The lowest BCUT2D eigenvalue weighted by molar-refractivity contribution is -0.149. The van der Waals surface area contributed by atoms with Crippen LogP contribution in [0.25, 0.3) is 0 Å². The molecule has 1 aliphatic heterocycles. The number of carbonyl (C=O) groups excluding carboxylic acids is 1. The van der Waals surface area contributed by atoms with E-state index in [9.17, 15) is 18.4 Å². The Morgan fingerprint density at radius 1 is 1.41 bits per heavy atom. The van der Waals surface area contributed by atoms with Crippen LogP contribution in [-0.4, -0.2) is 54.3 Å². The van der Waals surface area contributed by atoms with Gasteiger partial charge in [-0.3, -0.25) is 4.79 Å². The summed E-state index contributed by atoms with van der Waals surface area (Å²) in [7, 11) is 1.43. The maximum Gasteiger partial charge on any atom is 0.326 e. The van der Waals surface area contributed by atoms with Crippen molar-refractivity contribution in [1.29, 1.82) is 0 Å². The van der Waals surface area contributed by atoms with Crippen LogP contribution in [0.3, 0.4) is 0 Å². The summed E-state index contributed by atoms with van der Waals surface area (Å²) in [6.07, 6.45) is -0.185. The third-order valence-corrected chi connectivity index (χ3v) is 3.45. The molecule has 1 saturated heterocycles. The van der Waals surface area contributed by atoms with Crippen LogP contribution in [0.15, 0.2) is 18.2 Å². The molecule has 120 valence electrons. The molecular weight excluding hydrogens is 300 g/mol. The number of carboxylic acids is 1.